The van der Waals surface area contributed by atoms with E-state index < -0.39 is 0 Å². The predicted octanol–water partition coefficient (Wildman–Crippen LogP) is 2.67. The minimum absolute atomic E-state index is 0.253. The third kappa shape index (κ3) is 2.57. The molecule has 0 radical (unpaired) electrons. The lowest BCUT2D eigenvalue weighted by Crippen LogP contribution is -2.28. The summed E-state index contributed by atoms with van der Waals surface area (Å²) in [5, 5.41) is 3.41. The molecule has 0 bridgehead atoms. The third-order valence-electron chi connectivity index (χ3n) is 3.16. The molecule has 1 heterocycles. The van der Waals surface area contributed by atoms with Gasteiger partial charge in [-0.25, -0.2) is 0 Å². The molecule has 1 N–H and O–H groups in total. The summed E-state index contributed by atoms with van der Waals surface area (Å²) in [6.07, 6.45) is 3.03. The van der Waals surface area contributed by atoms with E-state index in [1.807, 2.05) is 6.07 Å². The van der Waals surface area contributed by atoms with Crippen molar-refractivity contribution in [1.82, 2.24) is 5.32 Å². The van der Waals surface area contributed by atoms with Gasteiger partial charge in [-0.15, -0.1) is 0 Å². The van der Waals surface area contributed by atoms with Gasteiger partial charge in [0.05, 0.1) is 6.67 Å². The number of alkyl halides is 1. The maximum atomic E-state index is 12.4. The van der Waals surface area contributed by atoms with E-state index in [2.05, 4.69) is 23.5 Å². The van der Waals surface area contributed by atoms with Crippen molar-refractivity contribution < 1.29 is 4.39 Å². The molecule has 1 aromatic rings. The van der Waals surface area contributed by atoms with Gasteiger partial charge < -0.3 is 5.32 Å². The summed E-state index contributed by atoms with van der Waals surface area (Å²) in [6.45, 7) is 1.92. The second-order valence-electron chi connectivity index (χ2n) is 4.18. The minimum atomic E-state index is -0.253. The summed E-state index contributed by atoms with van der Waals surface area (Å²) in [5.41, 5.74) is 2.54. The number of hydrogen-bond acceptors (Lipinski definition) is 1. The van der Waals surface area contributed by atoms with E-state index in [-0.39, 0.29) is 6.67 Å². The second kappa shape index (κ2) is 5.26. The molecule has 2 heteroatoms. The maximum absolute atomic E-state index is 12.4. The van der Waals surface area contributed by atoms with Crippen LogP contribution < -0.4 is 5.32 Å². The largest absolute Gasteiger partial charge is 0.316 e. The Balaban J connectivity index is 2.17. The first-order valence-electron chi connectivity index (χ1n) is 5.76. The number of halogens is 1. The molecule has 2 rings (SSSR count). The number of rotatable bonds is 3. The van der Waals surface area contributed by atoms with Crippen LogP contribution in [0.15, 0.2) is 24.3 Å². The molecule has 1 aromatic carbocycles. The van der Waals surface area contributed by atoms with Crippen LogP contribution in [-0.4, -0.2) is 19.8 Å². The number of benzene rings is 1. The first-order valence-corrected chi connectivity index (χ1v) is 5.76. The first kappa shape index (κ1) is 10.6. The summed E-state index contributed by atoms with van der Waals surface area (Å²) < 4.78 is 12.4. The fourth-order valence-corrected chi connectivity index (χ4v) is 2.38. The second-order valence-corrected chi connectivity index (χ2v) is 4.18. The fraction of sp³-hybridized carbons (Fsp3) is 0.538. The van der Waals surface area contributed by atoms with Crippen molar-refractivity contribution in [2.75, 3.05) is 19.8 Å². The highest BCUT2D eigenvalue weighted by atomic mass is 19.1. The van der Waals surface area contributed by atoms with E-state index in [0.717, 1.165) is 13.1 Å². The third-order valence-corrected chi connectivity index (χ3v) is 3.16. The van der Waals surface area contributed by atoms with Crippen molar-refractivity contribution in [3.05, 3.63) is 35.4 Å². The van der Waals surface area contributed by atoms with Crippen LogP contribution in [0.1, 0.15) is 29.9 Å². The van der Waals surface area contributed by atoms with Gasteiger partial charge in [0.2, 0.25) is 0 Å². The molecular weight excluding hydrogens is 189 g/mol. The van der Waals surface area contributed by atoms with Gasteiger partial charge in [0.25, 0.3) is 0 Å². The van der Waals surface area contributed by atoms with Crippen molar-refractivity contribution in [1.29, 1.82) is 0 Å². The topological polar surface area (TPSA) is 12.0 Å². The Hall–Kier alpha value is -0.890. The van der Waals surface area contributed by atoms with E-state index in [4.69, 9.17) is 0 Å². The monoisotopic (exact) mass is 207 g/mol. The lowest BCUT2D eigenvalue weighted by molar-refractivity contribution is 0.454. The average Bonchev–Trinajstić information content (AvgIpc) is 2.31. The van der Waals surface area contributed by atoms with E-state index in [1.165, 1.54) is 24.0 Å². The van der Waals surface area contributed by atoms with Gasteiger partial charge in [0.15, 0.2) is 0 Å². The Morgan fingerprint density at radius 1 is 1.33 bits per heavy atom. The number of aryl methyl sites for hydroxylation is 1. The van der Waals surface area contributed by atoms with E-state index in [0.29, 0.717) is 12.3 Å². The molecule has 1 fully saturated rings. The van der Waals surface area contributed by atoms with Gasteiger partial charge in [-0.1, -0.05) is 24.3 Å². The summed E-state index contributed by atoms with van der Waals surface area (Å²) in [7, 11) is 0. The summed E-state index contributed by atoms with van der Waals surface area (Å²) in [5.74, 6) is 0.585. The average molecular weight is 207 g/mol. The Labute approximate surface area is 90.7 Å². The van der Waals surface area contributed by atoms with E-state index in [9.17, 15) is 4.39 Å². The molecule has 0 spiro atoms. The molecule has 0 saturated carbocycles. The fourth-order valence-electron chi connectivity index (χ4n) is 2.38. The zero-order valence-electron chi connectivity index (χ0n) is 9.01. The molecule has 1 aliphatic rings. The molecule has 1 unspecified atom stereocenters. The Bertz CT molecular complexity index is 305. The van der Waals surface area contributed by atoms with Gasteiger partial charge in [0.1, 0.15) is 0 Å². The summed E-state index contributed by atoms with van der Waals surface area (Å²) >= 11 is 0. The van der Waals surface area contributed by atoms with Gasteiger partial charge in [-0.05, 0) is 36.4 Å². The predicted molar refractivity (Wildman–Crippen MR) is 61.0 cm³/mol. The quantitative estimate of drug-likeness (QED) is 0.803. The van der Waals surface area contributed by atoms with Crippen LogP contribution in [-0.2, 0) is 6.42 Å². The number of hydrogen-bond donors (Lipinski definition) is 1. The number of nitrogens with one attached hydrogen (secondary N) is 1. The Kier molecular flexibility index (Phi) is 3.73. The van der Waals surface area contributed by atoms with Crippen molar-refractivity contribution in [2.24, 2.45) is 0 Å². The van der Waals surface area contributed by atoms with Crippen LogP contribution in [0.2, 0.25) is 0 Å². The highest BCUT2D eigenvalue weighted by molar-refractivity contribution is 5.31. The minimum Gasteiger partial charge on any atom is -0.316 e. The summed E-state index contributed by atoms with van der Waals surface area (Å²) in [6, 6.07) is 8.28. The standard InChI is InChI=1S/C13H18FN/c14-8-7-11-4-1-2-6-13(11)12-5-3-9-15-10-12/h1-2,4,6,12,15H,3,5,7-10H2. The molecule has 15 heavy (non-hydrogen) atoms. The Morgan fingerprint density at radius 2 is 2.20 bits per heavy atom. The molecule has 82 valence electrons. The van der Waals surface area contributed by atoms with Crippen LogP contribution in [0, 0.1) is 0 Å². The van der Waals surface area contributed by atoms with Crippen molar-refractivity contribution in [2.45, 2.75) is 25.2 Å². The SMILES string of the molecule is FCCc1ccccc1C1CCCNC1. The van der Waals surface area contributed by atoms with E-state index in [1.54, 1.807) is 0 Å². The summed E-state index contributed by atoms with van der Waals surface area (Å²) in [4.78, 5) is 0. The van der Waals surface area contributed by atoms with Crippen LogP contribution in [0.4, 0.5) is 4.39 Å². The molecule has 1 nitrogen and oxygen atoms in total. The van der Waals surface area contributed by atoms with Gasteiger partial charge >= 0.3 is 0 Å². The van der Waals surface area contributed by atoms with Crippen LogP contribution in [0.5, 0.6) is 0 Å². The lowest BCUT2D eigenvalue weighted by Gasteiger charge is -2.25. The molecule has 1 aliphatic heterocycles. The lowest BCUT2D eigenvalue weighted by atomic mass is 9.87. The molecule has 1 atom stereocenters. The van der Waals surface area contributed by atoms with Crippen molar-refractivity contribution in [3.8, 4) is 0 Å². The normalized spacial score (nSPS) is 21.5. The molecular formula is C13H18FN. The van der Waals surface area contributed by atoms with E-state index >= 15 is 0 Å². The zero-order valence-corrected chi connectivity index (χ0v) is 9.01. The van der Waals surface area contributed by atoms with Gasteiger partial charge in [0, 0.05) is 13.0 Å². The van der Waals surface area contributed by atoms with Crippen LogP contribution in [0.3, 0.4) is 0 Å². The number of piperidine rings is 1. The van der Waals surface area contributed by atoms with Crippen molar-refractivity contribution in [3.63, 3.8) is 0 Å². The van der Waals surface area contributed by atoms with Crippen LogP contribution in [0.25, 0.3) is 0 Å². The molecule has 1 saturated heterocycles. The van der Waals surface area contributed by atoms with Crippen LogP contribution >= 0.6 is 0 Å². The zero-order chi connectivity index (χ0) is 10.5. The smallest absolute Gasteiger partial charge is 0.0934 e. The molecule has 0 amide bonds. The first-order chi connectivity index (χ1) is 7.42. The van der Waals surface area contributed by atoms with Gasteiger partial charge in [-0.3, -0.25) is 4.39 Å². The molecule has 0 aliphatic carbocycles. The highest BCUT2D eigenvalue weighted by Crippen LogP contribution is 2.26. The maximum Gasteiger partial charge on any atom is 0.0934 e. The van der Waals surface area contributed by atoms with Gasteiger partial charge in [-0.2, -0.15) is 0 Å². The Morgan fingerprint density at radius 3 is 2.93 bits per heavy atom. The highest BCUT2D eigenvalue weighted by Gasteiger charge is 2.17. The van der Waals surface area contributed by atoms with Crippen molar-refractivity contribution >= 4 is 0 Å². The molecule has 0 aromatic heterocycles.